The van der Waals surface area contributed by atoms with Crippen LogP contribution in [0.1, 0.15) is 12.0 Å². The molecule has 0 aromatic heterocycles. The van der Waals surface area contributed by atoms with E-state index in [-0.39, 0.29) is 17.9 Å². The van der Waals surface area contributed by atoms with Gasteiger partial charge >= 0.3 is 0 Å². The second-order valence-electron chi connectivity index (χ2n) is 7.12. The molecule has 24 heavy (non-hydrogen) atoms. The molecular weight excluding hydrogens is 328 g/mol. The molecule has 3 rings (SSSR count). The minimum Gasteiger partial charge on any atom is -0.497 e. The van der Waals surface area contributed by atoms with Crippen LogP contribution in [0.5, 0.6) is 5.75 Å². The highest BCUT2D eigenvalue weighted by Gasteiger charge is 2.51. The molecule has 2 fully saturated rings. The van der Waals surface area contributed by atoms with Crippen molar-refractivity contribution in [2.75, 3.05) is 46.2 Å². The van der Waals surface area contributed by atoms with Crippen molar-refractivity contribution >= 4 is 10.0 Å². The fourth-order valence-corrected chi connectivity index (χ4v) is 5.01. The highest BCUT2D eigenvalue weighted by Crippen LogP contribution is 2.43. The molecule has 6 nitrogen and oxygen atoms in total. The average Bonchev–Trinajstić information content (AvgIpc) is 2.95. The molecule has 0 amide bonds. The third-order valence-corrected chi connectivity index (χ3v) is 6.65. The Balaban J connectivity index is 1.73. The van der Waals surface area contributed by atoms with Crippen LogP contribution in [0.25, 0.3) is 0 Å². The van der Waals surface area contributed by atoms with Gasteiger partial charge in [0.15, 0.2) is 0 Å². The van der Waals surface area contributed by atoms with Gasteiger partial charge in [-0.1, -0.05) is 12.1 Å². The van der Waals surface area contributed by atoms with E-state index in [9.17, 15) is 13.5 Å². The van der Waals surface area contributed by atoms with Crippen molar-refractivity contribution in [2.24, 2.45) is 11.3 Å². The Labute approximate surface area is 144 Å². The van der Waals surface area contributed by atoms with Crippen molar-refractivity contribution in [3.8, 4) is 5.75 Å². The number of aliphatic hydroxyl groups is 1. The number of rotatable bonds is 5. The van der Waals surface area contributed by atoms with Gasteiger partial charge in [-0.25, -0.2) is 12.7 Å². The van der Waals surface area contributed by atoms with Gasteiger partial charge in [-0.2, -0.15) is 0 Å². The van der Waals surface area contributed by atoms with Crippen molar-refractivity contribution < 1.29 is 18.3 Å². The van der Waals surface area contributed by atoms with E-state index in [4.69, 9.17) is 4.74 Å². The summed E-state index contributed by atoms with van der Waals surface area (Å²) in [6, 6.07) is 7.99. The molecule has 1 N–H and O–H groups in total. The van der Waals surface area contributed by atoms with Gasteiger partial charge in [0, 0.05) is 31.6 Å². The first-order chi connectivity index (χ1) is 11.4. The molecule has 0 bridgehead atoms. The summed E-state index contributed by atoms with van der Waals surface area (Å²) < 4.78 is 30.6. The zero-order valence-corrected chi connectivity index (χ0v) is 15.1. The van der Waals surface area contributed by atoms with Crippen LogP contribution in [0.3, 0.4) is 0 Å². The Morgan fingerprint density at radius 1 is 1.38 bits per heavy atom. The number of hydrogen-bond donors (Lipinski definition) is 1. The molecule has 2 heterocycles. The third kappa shape index (κ3) is 3.44. The lowest BCUT2D eigenvalue weighted by molar-refractivity contribution is 0.00882. The number of nitrogens with zero attached hydrogens (tertiary/aromatic N) is 2. The molecule has 7 heteroatoms. The topological polar surface area (TPSA) is 70.1 Å². The average molecular weight is 354 g/mol. The Morgan fingerprint density at radius 3 is 2.83 bits per heavy atom. The van der Waals surface area contributed by atoms with E-state index in [1.165, 1.54) is 16.1 Å². The molecule has 0 radical (unpaired) electrons. The molecule has 0 aliphatic carbocycles. The van der Waals surface area contributed by atoms with Crippen molar-refractivity contribution in [3.05, 3.63) is 29.8 Å². The maximum Gasteiger partial charge on any atom is 0.211 e. The van der Waals surface area contributed by atoms with Crippen LogP contribution < -0.4 is 4.74 Å². The Morgan fingerprint density at radius 2 is 2.17 bits per heavy atom. The number of fused-ring (bicyclic) bond motifs is 1. The molecule has 2 aliphatic rings. The van der Waals surface area contributed by atoms with Gasteiger partial charge in [0.2, 0.25) is 10.0 Å². The normalized spacial score (nSPS) is 28.7. The van der Waals surface area contributed by atoms with E-state index in [2.05, 4.69) is 11.0 Å². The number of methoxy groups -OCH3 is 1. The van der Waals surface area contributed by atoms with E-state index < -0.39 is 10.0 Å². The fourth-order valence-electron chi connectivity index (χ4n) is 4.07. The van der Waals surface area contributed by atoms with E-state index in [1.807, 2.05) is 18.2 Å². The quantitative estimate of drug-likeness (QED) is 0.846. The third-order valence-electron chi connectivity index (χ3n) is 5.44. The number of piperidine rings is 1. The number of ether oxygens (including phenoxy) is 1. The number of aliphatic hydroxyl groups excluding tert-OH is 1. The fraction of sp³-hybridized carbons (Fsp3) is 0.647. The minimum absolute atomic E-state index is 0.0261. The smallest absolute Gasteiger partial charge is 0.211 e. The zero-order chi connectivity index (χ0) is 17.4. The molecule has 0 unspecified atom stereocenters. The van der Waals surface area contributed by atoms with Crippen molar-refractivity contribution in [1.29, 1.82) is 0 Å². The predicted octanol–water partition coefficient (Wildman–Crippen LogP) is 0.771. The van der Waals surface area contributed by atoms with Crippen molar-refractivity contribution in [2.45, 2.75) is 13.0 Å². The lowest BCUT2D eigenvalue weighted by atomic mass is 9.74. The van der Waals surface area contributed by atoms with Gasteiger partial charge in [-0.15, -0.1) is 0 Å². The molecule has 1 aromatic carbocycles. The van der Waals surface area contributed by atoms with Crippen LogP contribution in [0.4, 0.5) is 0 Å². The summed E-state index contributed by atoms with van der Waals surface area (Å²) in [5.74, 6) is 1.07. The van der Waals surface area contributed by atoms with Gasteiger partial charge in [0.05, 0.1) is 20.0 Å². The first-order valence-corrected chi connectivity index (χ1v) is 10.1. The van der Waals surface area contributed by atoms with E-state index in [0.29, 0.717) is 13.1 Å². The lowest BCUT2D eigenvalue weighted by Gasteiger charge is -2.43. The van der Waals surface area contributed by atoms with Crippen LogP contribution >= 0.6 is 0 Å². The molecule has 0 saturated carbocycles. The highest BCUT2D eigenvalue weighted by molar-refractivity contribution is 7.88. The molecule has 2 atom stereocenters. The number of likely N-dealkylation sites (tertiary alicyclic amines) is 1. The van der Waals surface area contributed by atoms with Crippen LogP contribution in [-0.2, 0) is 16.6 Å². The summed E-state index contributed by atoms with van der Waals surface area (Å²) in [6.45, 7) is 3.40. The molecule has 1 aromatic rings. The summed E-state index contributed by atoms with van der Waals surface area (Å²) in [5, 5.41) is 10.0. The van der Waals surface area contributed by atoms with Crippen molar-refractivity contribution in [3.63, 3.8) is 0 Å². The van der Waals surface area contributed by atoms with Crippen LogP contribution in [-0.4, -0.2) is 68.9 Å². The number of benzene rings is 1. The molecule has 0 spiro atoms. The van der Waals surface area contributed by atoms with Gasteiger partial charge in [0.1, 0.15) is 5.75 Å². The molecular formula is C17H26N2O4S. The molecule has 2 saturated heterocycles. The SMILES string of the molecule is COc1cccc(CN2CC[C@H]3CN(S(C)(=O)=O)C[C@@]3(CO)C2)c1. The maximum absolute atomic E-state index is 11.9. The summed E-state index contributed by atoms with van der Waals surface area (Å²) in [6.07, 6.45) is 2.17. The predicted molar refractivity (Wildman–Crippen MR) is 92.3 cm³/mol. The molecule has 2 aliphatic heterocycles. The van der Waals surface area contributed by atoms with Gasteiger partial charge < -0.3 is 9.84 Å². The summed E-state index contributed by atoms with van der Waals surface area (Å²) >= 11 is 0. The summed E-state index contributed by atoms with van der Waals surface area (Å²) in [4.78, 5) is 2.31. The number of hydrogen-bond acceptors (Lipinski definition) is 5. The Hall–Kier alpha value is -1.15. The van der Waals surface area contributed by atoms with Crippen LogP contribution in [0, 0.1) is 11.3 Å². The number of sulfonamides is 1. The monoisotopic (exact) mass is 354 g/mol. The maximum atomic E-state index is 11.9. The summed E-state index contributed by atoms with van der Waals surface area (Å²) in [5.41, 5.74) is 0.819. The Kier molecular flexibility index (Phi) is 4.88. The zero-order valence-electron chi connectivity index (χ0n) is 14.3. The van der Waals surface area contributed by atoms with Crippen molar-refractivity contribution in [1.82, 2.24) is 9.21 Å². The van der Waals surface area contributed by atoms with Gasteiger partial charge in [-0.05, 0) is 36.6 Å². The van der Waals surface area contributed by atoms with E-state index >= 15 is 0 Å². The second-order valence-corrected chi connectivity index (χ2v) is 9.11. The van der Waals surface area contributed by atoms with Gasteiger partial charge in [0.25, 0.3) is 0 Å². The molecule has 134 valence electrons. The van der Waals surface area contributed by atoms with E-state index in [0.717, 1.165) is 31.8 Å². The largest absolute Gasteiger partial charge is 0.497 e. The first kappa shape index (κ1) is 17.7. The highest BCUT2D eigenvalue weighted by atomic mass is 32.2. The van der Waals surface area contributed by atoms with E-state index in [1.54, 1.807) is 7.11 Å². The summed E-state index contributed by atoms with van der Waals surface area (Å²) in [7, 11) is -1.55. The van der Waals surface area contributed by atoms with Crippen LogP contribution in [0.15, 0.2) is 24.3 Å². The lowest BCUT2D eigenvalue weighted by Crippen LogP contribution is -2.50. The Bertz CT molecular complexity index is 694. The second kappa shape index (κ2) is 6.63. The van der Waals surface area contributed by atoms with Crippen LogP contribution in [0.2, 0.25) is 0 Å². The standard InChI is InChI=1S/C17H26N2O4S/c1-23-16-5-3-4-14(8-16)9-18-7-6-15-10-19(24(2,21)22)12-17(15,11-18)13-20/h3-5,8,15,20H,6-7,9-13H2,1-2H3/t15-,17+/m0/s1. The van der Waals surface area contributed by atoms with Gasteiger partial charge in [-0.3, -0.25) is 4.90 Å². The first-order valence-electron chi connectivity index (χ1n) is 8.27. The minimum atomic E-state index is -3.21.